The number of rotatable bonds is 4. The molecule has 0 bridgehead atoms. The molecule has 1 aromatic carbocycles. The number of aliphatic hydroxyl groups is 1. The van der Waals surface area contributed by atoms with Crippen LogP contribution in [0.3, 0.4) is 0 Å². The lowest BCUT2D eigenvalue weighted by atomic mass is 9.94. The lowest BCUT2D eigenvalue weighted by Gasteiger charge is -2.28. The quantitative estimate of drug-likeness (QED) is 0.845. The van der Waals surface area contributed by atoms with Crippen LogP contribution in [-0.4, -0.2) is 34.1 Å². The van der Waals surface area contributed by atoms with E-state index in [9.17, 15) is 5.11 Å². The van der Waals surface area contributed by atoms with E-state index in [-0.39, 0.29) is 0 Å². The Labute approximate surface area is 128 Å². The van der Waals surface area contributed by atoms with Crippen molar-refractivity contribution in [3.8, 4) is 11.4 Å². The number of benzene rings is 1. The van der Waals surface area contributed by atoms with Gasteiger partial charge in [-0.3, -0.25) is 0 Å². The van der Waals surface area contributed by atoms with Gasteiger partial charge in [0.05, 0.1) is 0 Å². The highest BCUT2D eigenvalue weighted by Gasteiger charge is 2.37. The van der Waals surface area contributed by atoms with Crippen LogP contribution in [0.5, 0.6) is 0 Å². The maximum atomic E-state index is 10.6. The number of piperidine rings is 1. The second-order valence-electron chi connectivity index (χ2n) is 5.19. The van der Waals surface area contributed by atoms with Crippen LogP contribution in [0, 0.1) is 0 Å². The number of thioether (sulfide) groups is 1. The van der Waals surface area contributed by atoms with E-state index in [0.717, 1.165) is 24.3 Å². The van der Waals surface area contributed by atoms with Crippen LogP contribution in [-0.2, 0) is 5.60 Å². The molecule has 0 aliphatic carbocycles. The fourth-order valence-corrected chi connectivity index (χ4v) is 3.13. The molecule has 6 heteroatoms. The Kier molecular flexibility index (Phi) is 4.28. The largest absolute Gasteiger partial charge is 0.379 e. The van der Waals surface area contributed by atoms with E-state index in [1.54, 1.807) is 11.8 Å². The molecule has 1 aromatic heterocycles. The summed E-state index contributed by atoms with van der Waals surface area (Å²) in [4.78, 5) is 5.60. The summed E-state index contributed by atoms with van der Waals surface area (Å²) in [6, 6.07) is 8.07. The lowest BCUT2D eigenvalue weighted by molar-refractivity contribution is -0.0167. The second-order valence-corrected chi connectivity index (χ2v) is 6.53. The number of β-amino-alcohol motifs (C(OH)–C–C–N with tert-alkyl or cyclic N) is 1. The summed E-state index contributed by atoms with van der Waals surface area (Å²) in [6.07, 6.45) is 1.55. The molecule has 1 unspecified atom stereocenters. The molecule has 112 valence electrons. The van der Waals surface area contributed by atoms with Crippen molar-refractivity contribution in [3.63, 3.8) is 0 Å². The monoisotopic (exact) mass is 305 g/mol. The summed E-state index contributed by atoms with van der Waals surface area (Å²) >= 11 is 1.79. The van der Waals surface area contributed by atoms with Gasteiger partial charge in [-0.2, -0.15) is 4.98 Å². The van der Waals surface area contributed by atoms with Crippen LogP contribution >= 0.6 is 11.8 Å². The average Bonchev–Trinajstić information content (AvgIpc) is 3.00. The van der Waals surface area contributed by atoms with Crippen molar-refractivity contribution in [2.75, 3.05) is 18.8 Å². The molecule has 5 nitrogen and oxygen atoms in total. The predicted molar refractivity (Wildman–Crippen MR) is 82.1 cm³/mol. The van der Waals surface area contributed by atoms with Gasteiger partial charge >= 0.3 is 0 Å². The van der Waals surface area contributed by atoms with E-state index in [1.165, 1.54) is 4.90 Å². The van der Waals surface area contributed by atoms with Crippen LogP contribution in [0.4, 0.5) is 0 Å². The van der Waals surface area contributed by atoms with E-state index in [4.69, 9.17) is 4.52 Å². The van der Waals surface area contributed by atoms with E-state index < -0.39 is 5.60 Å². The van der Waals surface area contributed by atoms with Gasteiger partial charge in [0.2, 0.25) is 5.82 Å². The minimum absolute atomic E-state index is 0.303. The van der Waals surface area contributed by atoms with Crippen molar-refractivity contribution in [1.29, 1.82) is 0 Å². The van der Waals surface area contributed by atoms with Crippen LogP contribution < -0.4 is 5.32 Å². The van der Waals surface area contributed by atoms with Gasteiger partial charge in [-0.05, 0) is 49.4 Å². The van der Waals surface area contributed by atoms with Crippen molar-refractivity contribution in [2.45, 2.75) is 30.3 Å². The summed E-state index contributed by atoms with van der Waals surface area (Å²) in [5, 5.41) is 17.7. The van der Waals surface area contributed by atoms with Gasteiger partial charge in [-0.15, -0.1) is 11.8 Å². The molecule has 2 heterocycles. The Balaban J connectivity index is 1.80. The topological polar surface area (TPSA) is 71.2 Å². The maximum absolute atomic E-state index is 10.6. The van der Waals surface area contributed by atoms with Gasteiger partial charge in [-0.1, -0.05) is 12.1 Å². The molecule has 0 saturated carbocycles. The Bertz CT molecular complexity index is 591. The molecule has 1 aliphatic heterocycles. The van der Waals surface area contributed by atoms with Crippen molar-refractivity contribution >= 4 is 11.8 Å². The minimum atomic E-state index is -1.04. The normalized spacial score (nSPS) is 22.4. The van der Waals surface area contributed by atoms with Gasteiger partial charge in [0.1, 0.15) is 0 Å². The third-order valence-corrected chi connectivity index (χ3v) is 4.50. The number of nitrogens with one attached hydrogen (secondary N) is 1. The molecular formula is C15H19N3O2S. The number of hydrogen-bond acceptors (Lipinski definition) is 6. The Morgan fingerprint density at radius 2 is 2.19 bits per heavy atom. The van der Waals surface area contributed by atoms with Crippen molar-refractivity contribution in [2.24, 2.45) is 0 Å². The first-order chi connectivity index (χ1) is 10.2. The van der Waals surface area contributed by atoms with Crippen LogP contribution in [0.1, 0.15) is 25.7 Å². The molecule has 0 spiro atoms. The van der Waals surface area contributed by atoms with E-state index in [0.29, 0.717) is 24.7 Å². The Hall–Kier alpha value is -1.37. The molecule has 1 aliphatic rings. The van der Waals surface area contributed by atoms with Crippen molar-refractivity contribution in [3.05, 3.63) is 30.2 Å². The van der Waals surface area contributed by atoms with Crippen LogP contribution in [0.2, 0.25) is 0 Å². The van der Waals surface area contributed by atoms with Crippen molar-refractivity contribution < 1.29 is 9.63 Å². The van der Waals surface area contributed by atoms with Gasteiger partial charge < -0.3 is 14.9 Å². The summed E-state index contributed by atoms with van der Waals surface area (Å²) in [5.41, 5.74) is -0.139. The standard InChI is InChI=1S/C15H19N3O2S/c1-2-21-12-6-4-11(5-7-12)13-17-14(20-18-13)15(19)8-3-9-16-10-15/h4-7,16,19H,2-3,8-10H2,1H3. The zero-order chi connectivity index (χ0) is 14.7. The first kappa shape index (κ1) is 14.6. The van der Waals surface area contributed by atoms with Crippen LogP contribution in [0.25, 0.3) is 11.4 Å². The molecule has 1 atom stereocenters. The number of aromatic nitrogens is 2. The van der Waals surface area contributed by atoms with Crippen LogP contribution in [0.15, 0.2) is 33.7 Å². The van der Waals surface area contributed by atoms with E-state index in [1.807, 2.05) is 12.1 Å². The molecule has 2 N–H and O–H groups in total. The molecule has 1 fully saturated rings. The number of nitrogens with zero attached hydrogens (tertiary/aromatic N) is 2. The fourth-order valence-electron chi connectivity index (χ4n) is 2.47. The predicted octanol–water partition coefficient (Wildman–Crippen LogP) is 2.42. The first-order valence-electron chi connectivity index (χ1n) is 7.22. The zero-order valence-corrected chi connectivity index (χ0v) is 12.8. The zero-order valence-electron chi connectivity index (χ0n) is 12.0. The molecule has 0 radical (unpaired) electrons. The molecule has 0 amide bonds. The average molecular weight is 305 g/mol. The summed E-state index contributed by atoms with van der Waals surface area (Å²) in [5.74, 6) is 1.87. The molecule has 3 rings (SSSR count). The highest BCUT2D eigenvalue weighted by atomic mass is 32.2. The molecular weight excluding hydrogens is 286 g/mol. The summed E-state index contributed by atoms with van der Waals surface area (Å²) in [7, 11) is 0. The van der Waals surface area contributed by atoms with Crippen molar-refractivity contribution in [1.82, 2.24) is 15.5 Å². The number of hydrogen-bond donors (Lipinski definition) is 2. The first-order valence-corrected chi connectivity index (χ1v) is 8.20. The van der Waals surface area contributed by atoms with Gasteiger partial charge in [0.15, 0.2) is 5.60 Å². The van der Waals surface area contributed by atoms with Gasteiger partial charge in [-0.25, -0.2) is 0 Å². The fraction of sp³-hybridized carbons (Fsp3) is 0.467. The Morgan fingerprint density at radius 1 is 1.38 bits per heavy atom. The smallest absolute Gasteiger partial charge is 0.260 e. The summed E-state index contributed by atoms with van der Waals surface area (Å²) < 4.78 is 5.28. The molecule has 21 heavy (non-hydrogen) atoms. The molecule has 1 saturated heterocycles. The SMILES string of the molecule is CCSc1ccc(-c2noc(C3(O)CCCNC3)n2)cc1. The third kappa shape index (κ3) is 3.12. The highest BCUT2D eigenvalue weighted by Crippen LogP contribution is 2.29. The Morgan fingerprint density at radius 3 is 2.86 bits per heavy atom. The maximum Gasteiger partial charge on any atom is 0.260 e. The van der Waals surface area contributed by atoms with Gasteiger partial charge in [0, 0.05) is 17.0 Å². The minimum Gasteiger partial charge on any atom is -0.379 e. The highest BCUT2D eigenvalue weighted by molar-refractivity contribution is 7.99. The third-order valence-electron chi connectivity index (χ3n) is 3.61. The van der Waals surface area contributed by atoms with E-state index >= 15 is 0 Å². The van der Waals surface area contributed by atoms with Gasteiger partial charge in [0.25, 0.3) is 5.89 Å². The lowest BCUT2D eigenvalue weighted by Crippen LogP contribution is -2.43. The summed E-state index contributed by atoms with van der Waals surface area (Å²) in [6.45, 7) is 3.50. The molecule has 2 aromatic rings. The van der Waals surface area contributed by atoms with E-state index in [2.05, 4.69) is 34.5 Å². The second kappa shape index (κ2) is 6.17.